The van der Waals surface area contributed by atoms with Gasteiger partial charge >= 0.3 is 0 Å². The van der Waals surface area contributed by atoms with Crippen molar-refractivity contribution in [2.45, 2.75) is 39.7 Å². The van der Waals surface area contributed by atoms with Crippen molar-refractivity contribution in [3.05, 3.63) is 29.0 Å². The van der Waals surface area contributed by atoms with Gasteiger partial charge in [-0.1, -0.05) is 20.8 Å². The predicted molar refractivity (Wildman–Crippen MR) is 75.3 cm³/mol. The summed E-state index contributed by atoms with van der Waals surface area (Å²) >= 11 is 1.60. The zero-order chi connectivity index (χ0) is 13.3. The highest BCUT2D eigenvalue weighted by atomic mass is 32.1. The van der Waals surface area contributed by atoms with Crippen LogP contribution in [0.2, 0.25) is 0 Å². The monoisotopic (exact) mass is 266 g/mol. The highest BCUT2D eigenvalue weighted by Gasteiger charge is 2.17. The lowest BCUT2D eigenvalue weighted by Crippen LogP contribution is -2.28. The fourth-order valence-electron chi connectivity index (χ4n) is 2.12. The maximum Gasteiger partial charge on any atom is 0.125 e. The number of nitrogens with two attached hydrogens (primary N) is 1. The average Bonchev–Trinajstić information content (AvgIpc) is 2.55. The number of nitrogens with zero attached hydrogens (tertiary/aromatic N) is 1. The maximum atomic E-state index is 13.1. The van der Waals surface area contributed by atoms with Crippen molar-refractivity contribution in [1.82, 2.24) is 4.98 Å². The molecule has 98 valence electrons. The number of aromatic nitrogens is 1. The smallest absolute Gasteiger partial charge is 0.125 e. The molecule has 2 aromatic rings. The minimum absolute atomic E-state index is 0.107. The van der Waals surface area contributed by atoms with Crippen molar-refractivity contribution >= 4 is 21.6 Å². The van der Waals surface area contributed by atoms with E-state index in [0.717, 1.165) is 28.1 Å². The minimum Gasteiger partial charge on any atom is -0.327 e. The Labute approximate surface area is 111 Å². The topological polar surface area (TPSA) is 38.9 Å². The highest BCUT2D eigenvalue weighted by molar-refractivity contribution is 7.18. The number of benzene rings is 1. The van der Waals surface area contributed by atoms with Gasteiger partial charge in [-0.2, -0.15) is 0 Å². The Balaban J connectivity index is 2.12. The van der Waals surface area contributed by atoms with Crippen molar-refractivity contribution in [2.75, 3.05) is 0 Å². The molecule has 0 aliphatic heterocycles. The van der Waals surface area contributed by atoms with Crippen molar-refractivity contribution in [2.24, 2.45) is 11.1 Å². The summed E-state index contributed by atoms with van der Waals surface area (Å²) in [6.07, 6.45) is 1.72. The van der Waals surface area contributed by atoms with E-state index < -0.39 is 0 Å². The number of rotatable bonds is 3. The van der Waals surface area contributed by atoms with Gasteiger partial charge in [0, 0.05) is 18.5 Å². The first-order chi connectivity index (χ1) is 8.33. The van der Waals surface area contributed by atoms with Crippen molar-refractivity contribution in [3.63, 3.8) is 0 Å². The molecule has 0 saturated heterocycles. The van der Waals surface area contributed by atoms with Gasteiger partial charge in [0.1, 0.15) is 5.82 Å². The van der Waals surface area contributed by atoms with Gasteiger partial charge in [0.2, 0.25) is 0 Å². The van der Waals surface area contributed by atoms with Crippen LogP contribution in [0.3, 0.4) is 0 Å². The highest BCUT2D eigenvalue weighted by Crippen LogP contribution is 2.26. The Morgan fingerprint density at radius 1 is 1.39 bits per heavy atom. The molecule has 0 saturated carbocycles. The van der Waals surface area contributed by atoms with E-state index in [2.05, 4.69) is 25.8 Å². The summed E-state index contributed by atoms with van der Waals surface area (Å²) in [5.74, 6) is -0.238. The molecule has 0 aliphatic carbocycles. The molecule has 0 aliphatic rings. The van der Waals surface area contributed by atoms with Crippen LogP contribution in [0.15, 0.2) is 18.2 Å². The first-order valence-corrected chi connectivity index (χ1v) is 6.96. The molecule has 2 rings (SSSR count). The van der Waals surface area contributed by atoms with Gasteiger partial charge in [0.25, 0.3) is 0 Å². The van der Waals surface area contributed by atoms with Gasteiger partial charge in [0.15, 0.2) is 0 Å². The van der Waals surface area contributed by atoms with E-state index in [1.807, 2.05) is 0 Å². The maximum absolute atomic E-state index is 13.1. The molecule has 0 radical (unpaired) electrons. The van der Waals surface area contributed by atoms with Gasteiger partial charge in [0.05, 0.1) is 15.2 Å². The Morgan fingerprint density at radius 2 is 2.11 bits per heavy atom. The summed E-state index contributed by atoms with van der Waals surface area (Å²) in [6.45, 7) is 6.54. The number of hydrogen-bond donors (Lipinski definition) is 1. The number of fused-ring (bicyclic) bond motifs is 1. The molecule has 1 atom stereocenters. The molecule has 2 N–H and O–H groups in total. The van der Waals surface area contributed by atoms with Crippen LogP contribution in [0, 0.1) is 11.2 Å². The van der Waals surface area contributed by atoms with Crippen LogP contribution in [0.5, 0.6) is 0 Å². The molecule has 1 aromatic carbocycles. The van der Waals surface area contributed by atoms with Crippen molar-refractivity contribution in [3.8, 4) is 0 Å². The third-order valence-corrected chi connectivity index (χ3v) is 3.76. The molecule has 1 unspecified atom stereocenters. The Bertz CT molecular complexity index is 542. The summed E-state index contributed by atoms with van der Waals surface area (Å²) in [7, 11) is 0. The Kier molecular flexibility index (Phi) is 3.69. The standard InChI is InChI=1S/C14H19FN2S/c1-14(2,3)8-10(16)7-13-17-11-6-9(15)4-5-12(11)18-13/h4-6,10H,7-8,16H2,1-3H3. The van der Waals surface area contributed by atoms with Gasteiger partial charge in [-0.25, -0.2) is 9.37 Å². The van der Waals surface area contributed by atoms with Crippen LogP contribution in [0.25, 0.3) is 10.2 Å². The van der Waals surface area contributed by atoms with E-state index in [1.165, 1.54) is 12.1 Å². The second-order valence-corrected chi connectivity index (χ2v) is 7.06. The lowest BCUT2D eigenvalue weighted by molar-refractivity contribution is 0.338. The molecule has 18 heavy (non-hydrogen) atoms. The first kappa shape index (κ1) is 13.4. The second kappa shape index (κ2) is 4.94. The number of hydrogen-bond acceptors (Lipinski definition) is 3. The molecule has 4 heteroatoms. The van der Waals surface area contributed by atoms with Crippen molar-refractivity contribution in [1.29, 1.82) is 0 Å². The molecule has 0 spiro atoms. The molecule has 0 fully saturated rings. The SMILES string of the molecule is CC(C)(C)CC(N)Cc1nc2cc(F)ccc2s1. The van der Waals surface area contributed by atoms with Gasteiger partial charge in [-0.15, -0.1) is 11.3 Å². The predicted octanol–water partition coefficient (Wildman–Crippen LogP) is 3.74. The zero-order valence-corrected chi connectivity index (χ0v) is 11.9. The quantitative estimate of drug-likeness (QED) is 0.919. The molecule has 0 amide bonds. The molecule has 1 aromatic heterocycles. The van der Waals surface area contributed by atoms with E-state index in [9.17, 15) is 4.39 Å². The fourth-order valence-corrected chi connectivity index (χ4v) is 3.16. The molecular formula is C14H19FN2S. The third kappa shape index (κ3) is 3.50. The zero-order valence-electron chi connectivity index (χ0n) is 11.0. The molecule has 0 bridgehead atoms. The lowest BCUT2D eigenvalue weighted by atomic mass is 9.87. The summed E-state index contributed by atoms with van der Waals surface area (Å²) < 4.78 is 14.1. The van der Waals surface area contributed by atoms with Crippen molar-refractivity contribution < 1.29 is 4.39 Å². The van der Waals surface area contributed by atoms with Gasteiger partial charge in [-0.3, -0.25) is 0 Å². The van der Waals surface area contributed by atoms with E-state index in [-0.39, 0.29) is 17.3 Å². The number of thiazole rings is 1. The van der Waals surface area contributed by atoms with Gasteiger partial charge < -0.3 is 5.73 Å². The molecular weight excluding hydrogens is 247 g/mol. The van der Waals surface area contributed by atoms with Gasteiger partial charge in [-0.05, 0) is 24.0 Å². The lowest BCUT2D eigenvalue weighted by Gasteiger charge is -2.22. The summed E-state index contributed by atoms with van der Waals surface area (Å²) in [5, 5.41) is 0.993. The fraction of sp³-hybridized carbons (Fsp3) is 0.500. The van der Waals surface area contributed by atoms with E-state index in [0.29, 0.717) is 0 Å². The van der Waals surface area contributed by atoms with Crippen LogP contribution >= 0.6 is 11.3 Å². The van der Waals surface area contributed by atoms with Crippen LogP contribution in [-0.2, 0) is 6.42 Å². The largest absolute Gasteiger partial charge is 0.327 e. The third-order valence-electron chi connectivity index (χ3n) is 2.71. The van der Waals surface area contributed by atoms with Crippen LogP contribution in [-0.4, -0.2) is 11.0 Å². The van der Waals surface area contributed by atoms with E-state index in [4.69, 9.17) is 5.73 Å². The van der Waals surface area contributed by atoms with Crippen LogP contribution < -0.4 is 5.73 Å². The van der Waals surface area contributed by atoms with E-state index >= 15 is 0 Å². The molecule has 2 nitrogen and oxygen atoms in total. The Morgan fingerprint density at radius 3 is 2.78 bits per heavy atom. The second-order valence-electron chi connectivity index (χ2n) is 5.95. The van der Waals surface area contributed by atoms with E-state index in [1.54, 1.807) is 17.4 Å². The van der Waals surface area contributed by atoms with Crippen LogP contribution in [0.1, 0.15) is 32.2 Å². The summed E-state index contributed by atoms with van der Waals surface area (Å²) in [5.41, 5.74) is 7.09. The average molecular weight is 266 g/mol. The number of halogens is 1. The first-order valence-electron chi connectivity index (χ1n) is 6.14. The summed E-state index contributed by atoms with van der Waals surface area (Å²) in [4.78, 5) is 4.44. The normalized spacial score (nSPS) is 14.1. The van der Waals surface area contributed by atoms with Crippen LogP contribution in [0.4, 0.5) is 4.39 Å². The molecule has 1 heterocycles. The Hall–Kier alpha value is -1.00. The summed E-state index contributed by atoms with van der Waals surface area (Å²) in [6, 6.07) is 4.83. The minimum atomic E-state index is -0.238.